The lowest BCUT2D eigenvalue weighted by Gasteiger charge is -2.14. The SMILES string of the molecule is CCCCCOc1c(F)c(F)c(-c2c(F)c(F)[c]c(F)c2F)c(F)c1F. The van der Waals surface area contributed by atoms with Gasteiger partial charge in [-0.1, -0.05) is 19.8 Å². The van der Waals surface area contributed by atoms with Gasteiger partial charge in [0.25, 0.3) is 0 Å². The van der Waals surface area contributed by atoms with Gasteiger partial charge in [-0.2, -0.15) is 8.78 Å². The van der Waals surface area contributed by atoms with Crippen LogP contribution in [-0.4, -0.2) is 6.61 Å². The first-order valence-corrected chi connectivity index (χ1v) is 7.46. The van der Waals surface area contributed by atoms with Crippen molar-refractivity contribution in [2.24, 2.45) is 0 Å². The van der Waals surface area contributed by atoms with E-state index in [0.29, 0.717) is 12.8 Å². The highest BCUT2D eigenvalue weighted by atomic mass is 19.2. The first-order chi connectivity index (χ1) is 12.2. The van der Waals surface area contributed by atoms with Crippen LogP contribution in [0.15, 0.2) is 0 Å². The van der Waals surface area contributed by atoms with Crippen LogP contribution in [0.4, 0.5) is 35.1 Å². The van der Waals surface area contributed by atoms with Crippen molar-refractivity contribution in [3.63, 3.8) is 0 Å². The molecule has 0 amide bonds. The van der Waals surface area contributed by atoms with E-state index in [1.165, 1.54) is 0 Å². The summed E-state index contributed by atoms with van der Waals surface area (Å²) in [4.78, 5) is 0. The summed E-state index contributed by atoms with van der Waals surface area (Å²) >= 11 is 0. The molecule has 0 fully saturated rings. The van der Waals surface area contributed by atoms with E-state index in [1.807, 2.05) is 6.92 Å². The lowest BCUT2D eigenvalue weighted by Crippen LogP contribution is -2.10. The number of hydrogen-bond donors (Lipinski definition) is 0. The van der Waals surface area contributed by atoms with Crippen molar-refractivity contribution in [1.29, 1.82) is 0 Å². The lowest BCUT2D eigenvalue weighted by atomic mass is 10.0. The predicted octanol–water partition coefficient (Wildman–Crippen LogP) is 5.84. The van der Waals surface area contributed by atoms with Crippen molar-refractivity contribution in [3.05, 3.63) is 52.6 Å². The molecular formula is C17H11F8O. The number of unbranched alkanes of at least 4 members (excludes halogenated alkanes) is 2. The summed E-state index contributed by atoms with van der Waals surface area (Å²) in [6.45, 7) is 1.56. The molecular weight excluding hydrogens is 372 g/mol. The van der Waals surface area contributed by atoms with Crippen LogP contribution in [0.1, 0.15) is 26.2 Å². The second kappa shape index (κ2) is 7.92. The van der Waals surface area contributed by atoms with Gasteiger partial charge in [0.05, 0.1) is 23.8 Å². The summed E-state index contributed by atoms with van der Waals surface area (Å²) in [7, 11) is 0. The van der Waals surface area contributed by atoms with Crippen LogP contribution in [0.2, 0.25) is 0 Å². The molecule has 1 radical (unpaired) electrons. The maximum Gasteiger partial charge on any atom is 0.204 e. The zero-order valence-corrected chi connectivity index (χ0v) is 13.3. The van der Waals surface area contributed by atoms with Gasteiger partial charge in [-0.25, -0.2) is 26.3 Å². The van der Waals surface area contributed by atoms with Crippen molar-refractivity contribution in [3.8, 4) is 16.9 Å². The molecule has 2 aromatic rings. The Labute approximate surface area is 143 Å². The zero-order chi connectivity index (χ0) is 19.6. The average molecular weight is 383 g/mol. The van der Waals surface area contributed by atoms with Gasteiger partial charge in [-0.15, -0.1) is 0 Å². The molecule has 0 atom stereocenters. The van der Waals surface area contributed by atoms with Gasteiger partial charge in [0.1, 0.15) is 0 Å². The van der Waals surface area contributed by atoms with E-state index >= 15 is 0 Å². The minimum Gasteiger partial charge on any atom is -0.487 e. The summed E-state index contributed by atoms with van der Waals surface area (Å²) in [5.41, 5.74) is -3.85. The largest absolute Gasteiger partial charge is 0.487 e. The summed E-state index contributed by atoms with van der Waals surface area (Å²) in [6, 6.07) is 0.996. The van der Waals surface area contributed by atoms with Gasteiger partial charge in [0.15, 0.2) is 40.7 Å². The quantitative estimate of drug-likeness (QED) is 0.346. The minimum atomic E-state index is -2.25. The third kappa shape index (κ3) is 3.47. The van der Waals surface area contributed by atoms with E-state index in [1.54, 1.807) is 0 Å². The van der Waals surface area contributed by atoms with Crippen LogP contribution in [-0.2, 0) is 0 Å². The summed E-state index contributed by atoms with van der Waals surface area (Å²) < 4.78 is 115. The summed E-state index contributed by atoms with van der Waals surface area (Å²) in [6.07, 6.45) is 1.67. The normalized spacial score (nSPS) is 11.1. The molecule has 0 heterocycles. The molecule has 0 saturated carbocycles. The zero-order valence-electron chi connectivity index (χ0n) is 13.3. The van der Waals surface area contributed by atoms with Gasteiger partial charge >= 0.3 is 0 Å². The third-order valence-corrected chi connectivity index (χ3v) is 3.51. The first-order valence-electron chi connectivity index (χ1n) is 7.46. The van der Waals surface area contributed by atoms with Gasteiger partial charge < -0.3 is 4.74 Å². The highest BCUT2D eigenvalue weighted by Gasteiger charge is 2.32. The van der Waals surface area contributed by atoms with E-state index in [0.717, 1.165) is 12.5 Å². The summed E-state index contributed by atoms with van der Waals surface area (Å²) in [5, 5.41) is 0. The fraction of sp³-hybridized carbons (Fsp3) is 0.294. The average Bonchev–Trinajstić information content (AvgIpc) is 2.60. The molecule has 2 rings (SSSR count). The molecule has 9 heteroatoms. The van der Waals surface area contributed by atoms with Crippen LogP contribution in [0.3, 0.4) is 0 Å². The monoisotopic (exact) mass is 383 g/mol. The molecule has 0 N–H and O–H groups in total. The molecule has 0 aromatic heterocycles. The second-order valence-corrected chi connectivity index (χ2v) is 5.27. The molecule has 0 bridgehead atoms. The number of halogens is 8. The van der Waals surface area contributed by atoms with E-state index in [4.69, 9.17) is 0 Å². The molecule has 0 aliphatic rings. The Morgan fingerprint density at radius 1 is 0.654 bits per heavy atom. The standard InChI is InChI=1S/C17H11F8O/c1-2-3-4-5-26-17-15(24)13(22)10(14(23)16(17)25)9-11(20)7(18)6-8(19)12(9)21/h2-5H2,1H3. The molecule has 2 aromatic carbocycles. The van der Waals surface area contributed by atoms with E-state index < -0.39 is 63.4 Å². The molecule has 0 unspecified atom stereocenters. The third-order valence-electron chi connectivity index (χ3n) is 3.51. The van der Waals surface area contributed by atoms with Crippen LogP contribution in [0.25, 0.3) is 11.1 Å². The number of ether oxygens (including phenoxy) is 1. The molecule has 0 spiro atoms. The fourth-order valence-corrected chi connectivity index (χ4v) is 2.23. The van der Waals surface area contributed by atoms with Crippen LogP contribution in [0.5, 0.6) is 5.75 Å². The van der Waals surface area contributed by atoms with Crippen molar-refractivity contribution in [1.82, 2.24) is 0 Å². The Morgan fingerprint density at radius 3 is 1.58 bits per heavy atom. The maximum absolute atomic E-state index is 14.1. The lowest BCUT2D eigenvalue weighted by molar-refractivity contribution is 0.265. The predicted molar refractivity (Wildman–Crippen MR) is 75.4 cm³/mol. The Kier molecular flexibility index (Phi) is 6.09. The molecule has 0 aliphatic carbocycles. The Balaban J connectivity index is 2.64. The van der Waals surface area contributed by atoms with Gasteiger partial charge in [-0.3, -0.25) is 0 Å². The highest BCUT2D eigenvalue weighted by Crippen LogP contribution is 2.39. The van der Waals surface area contributed by atoms with Crippen LogP contribution < -0.4 is 4.74 Å². The van der Waals surface area contributed by atoms with Crippen LogP contribution >= 0.6 is 0 Å². The molecule has 1 nitrogen and oxygen atoms in total. The summed E-state index contributed by atoms with van der Waals surface area (Å²) in [5.74, 6) is -18.8. The minimum absolute atomic E-state index is 0.272. The number of benzene rings is 2. The van der Waals surface area contributed by atoms with Crippen molar-refractivity contribution < 1.29 is 39.9 Å². The fourth-order valence-electron chi connectivity index (χ4n) is 2.23. The maximum atomic E-state index is 14.1. The number of rotatable bonds is 6. The molecule has 141 valence electrons. The second-order valence-electron chi connectivity index (χ2n) is 5.27. The topological polar surface area (TPSA) is 9.23 Å². The van der Waals surface area contributed by atoms with Gasteiger partial charge in [0, 0.05) is 0 Å². The van der Waals surface area contributed by atoms with Crippen molar-refractivity contribution >= 4 is 0 Å². The Hall–Kier alpha value is -2.32. The highest BCUT2D eigenvalue weighted by molar-refractivity contribution is 5.68. The van der Waals surface area contributed by atoms with Crippen molar-refractivity contribution in [2.75, 3.05) is 6.61 Å². The first kappa shape index (κ1) is 20.0. The number of hydrogen-bond acceptors (Lipinski definition) is 1. The van der Waals surface area contributed by atoms with E-state index in [-0.39, 0.29) is 6.61 Å². The smallest absolute Gasteiger partial charge is 0.204 e. The van der Waals surface area contributed by atoms with Crippen LogP contribution in [0, 0.1) is 52.6 Å². The molecule has 0 saturated heterocycles. The van der Waals surface area contributed by atoms with Crippen molar-refractivity contribution in [2.45, 2.75) is 26.2 Å². The Morgan fingerprint density at radius 2 is 1.12 bits per heavy atom. The van der Waals surface area contributed by atoms with E-state index in [2.05, 4.69) is 4.74 Å². The molecule has 0 aliphatic heterocycles. The molecule has 26 heavy (non-hydrogen) atoms. The van der Waals surface area contributed by atoms with Gasteiger partial charge in [0.2, 0.25) is 11.6 Å². The van der Waals surface area contributed by atoms with Gasteiger partial charge in [-0.05, 0) is 6.42 Å². The Bertz CT molecular complexity index is 779. The van der Waals surface area contributed by atoms with E-state index in [9.17, 15) is 35.1 Å².